The Balaban J connectivity index is 2.60. The molecule has 2 nitrogen and oxygen atoms in total. The number of rotatable bonds is 3. The predicted molar refractivity (Wildman–Crippen MR) is 72.2 cm³/mol. The van der Waals surface area contributed by atoms with Gasteiger partial charge in [0.25, 0.3) is 0 Å². The second-order valence-corrected chi connectivity index (χ2v) is 4.74. The SMILES string of the molecule is COc1cc(C)cc(C)c1C(=O)c1cc(F)c(F)c(F)c1. The molecule has 0 spiro atoms. The zero-order valence-electron chi connectivity index (χ0n) is 11.8. The van der Waals surface area contributed by atoms with Crippen LogP contribution < -0.4 is 4.74 Å². The monoisotopic (exact) mass is 294 g/mol. The number of methoxy groups -OCH3 is 1. The molecular weight excluding hydrogens is 281 g/mol. The maximum Gasteiger partial charge on any atom is 0.197 e. The van der Waals surface area contributed by atoms with Gasteiger partial charge in [0.2, 0.25) is 0 Å². The standard InChI is InChI=1S/C16H13F3O2/c1-8-4-9(2)14(13(5-8)21-3)16(20)10-6-11(17)15(19)12(18)7-10/h4-7H,1-3H3. The van der Waals surface area contributed by atoms with Crippen LogP contribution in [0, 0.1) is 31.3 Å². The van der Waals surface area contributed by atoms with Gasteiger partial charge in [-0.3, -0.25) is 4.79 Å². The fourth-order valence-electron chi connectivity index (χ4n) is 2.21. The van der Waals surface area contributed by atoms with Crippen molar-refractivity contribution in [1.82, 2.24) is 0 Å². The van der Waals surface area contributed by atoms with Gasteiger partial charge < -0.3 is 4.74 Å². The largest absolute Gasteiger partial charge is 0.496 e. The highest BCUT2D eigenvalue weighted by atomic mass is 19.2. The lowest BCUT2D eigenvalue weighted by Gasteiger charge is -2.12. The summed E-state index contributed by atoms with van der Waals surface area (Å²) in [5.41, 5.74) is 1.43. The van der Waals surface area contributed by atoms with Crippen molar-refractivity contribution in [2.45, 2.75) is 13.8 Å². The summed E-state index contributed by atoms with van der Waals surface area (Å²) in [6.07, 6.45) is 0. The van der Waals surface area contributed by atoms with Crippen molar-refractivity contribution >= 4 is 5.78 Å². The van der Waals surface area contributed by atoms with Gasteiger partial charge in [-0.1, -0.05) is 6.07 Å². The third-order valence-electron chi connectivity index (χ3n) is 3.14. The molecule has 21 heavy (non-hydrogen) atoms. The van der Waals surface area contributed by atoms with Crippen LogP contribution in [0.4, 0.5) is 13.2 Å². The number of carbonyl (C=O) groups excluding carboxylic acids is 1. The summed E-state index contributed by atoms with van der Waals surface area (Å²) in [5, 5.41) is 0. The second kappa shape index (κ2) is 5.60. The summed E-state index contributed by atoms with van der Waals surface area (Å²) < 4.78 is 44.6. The smallest absolute Gasteiger partial charge is 0.197 e. The molecule has 0 aliphatic carbocycles. The van der Waals surface area contributed by atoms with Gasteiger partial charge in [0, 0.05) is 5.56 Å². The van der Waals surface area contributed by atoms with Crippen molar-refractivity contribution in [3.05, 3.63) is 64.0 Å². The average Bonchev–Trinajstić information content (AvgIpc) is 2.42. The van der Waals surface area contributed by atoms with E-state index in [1.54, 1.807) is 19.1 Å². The third-order valence-corrected chi connectivity index (χ3v) is 3.14. The van der Waals surface area contributed by atoms with Gasteiger partial charge >= 0.3 is 0 Å². The summed E-state index contributed by atoms with van der Waals surface area (Å²) in [4.78, 5) is 12.4. The number of benzene rings is 2. The molecule has 2 aromatic carbocycles. The van der Waals surface area contributed by atoms with E-state index in [9.17, 15) is 18.0 Å². The molecule has 0 unspecified atom stereocenters. The zero-order valence-corrected chi connectivity index (χ0v) is 11.8. The molecule has 0 saturated carbocycles. The van der Waals surface area contributed by atoms with Gasteiger partial charge in [-0.05, 0) is 43.2 Å². The van der Waals surface area contributed by atoms with Crippen molar-refractivity contribution in [2.24, 2.45) is 0 Å². The number of halogens is 3. The van der Waals surface area contributed by atoms with Crippen molar-refractivity contribution in [3.8, 4) is 5.75 Å². The fourth-order valence-corrected chi connectivity index (χ4v) is 2.21. The van der Waals surface area contributed by atoms with E-state index < -0.39 is 23.2 Å². The summed E-state index contributed by atoms with van der Waals surface area (Å²) in [6.45, 7) is 3.53. The van der Waals surface area contributed by atoms with Crippen LogP contribution in [0.15, 0.2) is 24.3 Å². The first-order valence-electron chi connectivity index (χ1n) is 6.19. The third kappa shape index (κ3) is 2.77. The molecule has 0 fully saturated rings. The molecule has 0 N–H and O–H groups in total. The van der Waals surface area contributed by atoms with E-state index >= 15 is 0 Å². The van der Waals surface area contributed by atoms with Crippen LogP contribution in [0.5, 0.6) is 5.75 Å². The van der Waals surface area contributed by atoms with E-state index in [-0.39, 0.29) is 11.1 Å². The normalized spacial score (nSPS) is 10.6. The predicted octanol–water partition coefficient (Wildman–Crippen LogP) is 3.96. The van der Waals surface area contributed by atoms with Gasteiger partial charge in [-0.2, -0.15) is 0 Å². The minimum Gasteiger partial charge on any atom is -0.496 e. The Morgan fingerprint density at radius 1 is 1.00 bits per heavy atom. The fraction of sp³-hybridized carbons (Fsp3) is 0.188. The van der Waals surface area contributed by atoms with Gasteiger partial charge in [0.15, 0.2) is 23.2 Å². The van der Waals surface area contributed by atoms with Crippen molar-refractivity contribution in [3.63, 3.8) is 0 Å². The van der Waals surface area contributed by atoms with E-state index in [0.717, 1.165) is 5.56 Å². The molecule has 2 aromatic rings. The summed E-state index contributed by atoms with van der Waals surface area (Å²) in [7, 11) is 1.40. The minimum atomic E-state index is -1.60. The number of aryl methyl sites for hydroxylation is 2. The molecular formula is C16H13F3O2. The van der Waals surface area contributed by atoms with Crippen LogP contribution >= 0.6 is 0 Å². The summed E-state index contributed by atoms with van der Waals surface area (Å²) in [5.74, 6) is -4.71. The van der Waals surface area contributed by atoms with E-state index in [1.807, 2.05) is 6.92 Å². The van der Waals surface area contributed by atoms with Crippen LogP contribution in [-0.2, 0) is 0 Å². The Labute approximate surface area is 120 Å². The summed E-state index contributed by atoms with van der Waals surface area (Å²) in [6, 6.07) is 4.77. The maximum absolute atomic E-state index is 13.3. The molecule has 0 aromatic heterocycles. The van der Waals surface area contributed by atoms with E-state index in [0.29, 0.717) is 23.4 Å². The first-order chi connectivity index (χ1) is 9.85. The Bertz CT molecular complexity index is 701. The highest BCUT2D eigenvalue weighted by Gasteiger charge is 2.21. The van der Waals surface area contributed by atoms with Gasteiger partial charge in [-0.15, -0.1) is 0 Å². The Kier molecular flexibility index (Phi) is 4.02. The molecule has 110 valence electrons. The first kappa shape index (κ1) is 15.1. The van der Waals surface area contributed by atoms with Crippen LogP contribution in [-0.4, -0.2) is 12.9 Å². The minimum absolute atomic E-state index is 0.202. The van der Waals surface area contributed by atoms with Crippen LogP contribution in [0.2, 0.25) is 0 Å². The van der Waals surface area contributed by atoms with Crippen LogP contribution in [0.1, 0.15) is 27.0 Å². The molecule has 0 atom stereocenters. The van der Waals surface area contributed by atoms with E-state index in [4.69, 9.17) is 4.74 Å². The average molecular weight is 294 g/mol. The molecule has 0 heterocycles. The lowest BCUT2D eigenvalue weighted by atomic mass is 9.96. The Morgan fingerprint density at radius 2 is 1.57 bits per heavy atom. The number of hydrogen-bond donors (Lipinski definition) is 0. The molecule has 0 amide bonds. The van der Waals surface area contributed by atoms with Crippen LogP contribution in [0.3, 0.4) is 0 Å². The van der Waals surface area contributed by atoms with Crippen LogP contribution in [0.25, 0.3) is 0 Å². The van der Waals surface area contributed by atoms with Gasteiger partial charge in [0.1, 0.15) is 5.75 Å². The highest BCUT2D eigenvalue weighted by molar-refractivity contribution is 6.11. The van der Waals surface area contributed by atoms with E-state index in [2.05, 4.69) is 0 Å². The molecule has 0 aliphatic heterocycles. The van der Waals surface area contributed by atoms with Crippen molar-refractivity contribution in [1.29, 1.82) is 0 Å². The van der Waals surface area contributed by atoms with Gasteiger partial charge in [-0.25, -0.2) is 13.2 Å². The quantitative estimate of drug-likeness (QED) is 0.632. The Morgan fingerprint density at radius 3 is 2.10 bits per heavy atom. The van der Waals surface area contributed by atoms with E-state index in [1.165, 1.54) is 7.11 Å². The van der Waals surface area contributed by atoms with Crippen molar-refractivity contribution < 1.29 is 22.7 Å². The maximum atomic E-state index is 13.3. The highest BCUT2D eigenvalue weighted by Crippen LogP contribution is 2.27. The summed E-state index contributed by atoms with van der Waals surface area (Å²) >= 11 is 0. The number of carbonyl (C=O) groups is 1. The van der Waals surface area contributed by atoms with Gasteiger partial charge in [0.05, 0.1) is 12.7 Å². The molecule has 0 saturated heterocycles. The lowest BCUT2D eigenvalue weighted by Crippen LogP contribution is -2.09. The Hall–Kier alpha value is -2.30. The van der Waals surface area contributed by atoms with Crippen molar-refractivity contribution in [2.75, 3.05) is 7.11 Å². The molecule has 0 radical (unpaired) electrons. The lowest BCUT2D eigenvalue weighted by molar-refractivity contribution is 0.103. The molecule has 5 heteroatoms. The first-order valence-corrected chi connectivity index (χ1v) is 6.19. The topological polar surface area (TPSA) is 26.3 Å². The molecule has 0 bridgehead atoms. The molecule has 2 rings (SSSR count). The second-order valence-electron chi connectivity index (χ2n) is 4.74. The number of hydrogen-bond acceptors (Lipinski definition) is 2. The zero-order chi connectivity index (χ0) is 15.7. The number of ether oxygens (including phenoxy) is 1. The number of ketones is 1. The molecule has 0 aliphatic rings.